The van der Waals surface area contributed by atoms with Crippen molar-refractivity contribution in [3.63, 3.8) is 0 Å². The van der Waals surface area contributed by atoms with E-state index in [1.165, 1.54) is 19.2 Å². The summed E-state index contributed by atoms with van der Waals surface area (Å²) in [5, 5.41) is 10.7. The molecule has 0 bridgehead atoms. The fraction of sp³-hybridized carbons (Fsp3) is 0.250. The lowest BCUT2D eigenvalue weighted by Crippen LogP contribution is -1.92. The summed E-state index contributed by atoms with van der Waals surface area (Å²) in [4.78, 5) is 14.3. The summed E-state index contributed by atoms with van der Waals surface area (Å²) in [5.41, 5.74) is 0.572. The number of nitrogens with zero attached hydrogens (tertiary/aromatic N) is 2. The number of nitro benzene ring substituents is 1. The number of rotatable bonds is 5. The highest BCUT2D eigenvalue weighted by Gasteiger charge is 2.15. The van der Waals surface area contributed by atoms with Crippen molar-refractivity contribution in [1.82, 2.24) is 4.98 Å². The van der Waals surface area contributed by atoms with Crippen LogP contribution in [0.25, 0.3) is 11.3 Å². The number of non-ortho nitro benzene ring substituents is 1. The molecule has 7 heteroatoms. The van der Waals surface area contributed by atoms with E-state index in [1.807, 2.05) is 0 Å². The Kier molecular flexibility index (Phi) is 4.01. The van der Waals surface area contributed by atoms with Gasteiger partial charge in [-0.1, -0.05) is 0 Å². The van der Waals surface area contributed by atoms with E-state index in [0.717, 1.165) is 0 Å². The van der Waals surface area contributed by atoms with Crippen molar-refractivity contribution < 1.29 is 14.1 Å². The molecule has 0 aliphatic heterocycles. The molecule has 2 rings (SSSR count). The van der Waals surface area contributed by atoms with Crippen molar-refractivity contribution in [3.8, 4) is 17.1 Å². The summed E-state index contributed by atoms with van der Waals surface area (Å²) in [6.07, 6.45) is 2.07. The van der Waals surface area contributed by atoms with E-state index in [2.05, 4.69) is 4.98 Å². The second kappa shape index (κ2) is 5.71. The number of hydrogen-bond acceptors (Lipinski definition) is 5. The van der Waals surface area contributed by atoms with Crippen LogP contribution in [0.5, 0.6) is 5.75 Å². The lowest BCUT2D eigenvalue weighted by molar-refractivity contribution is -0.384. The van der Waals surface area contributed by atoms with Crippen LogP contribution in [0, 0.1) is 10.1 Å². The van der Waals surface area contributed by atoms with E-state index in [-0.39, 0.29) is 5.69 Å². The van der Waals surface area contributed by atoms with Crippen LogP contribution < -0.4 is 4.74 Å². The lowest BCUT2D eigenvalue weighted by atomic mass is 10.1. The van der Waals surface area contributed by atoms with Crippen LogP contribution in [0.15, 0.2) is 28.8 Å². The Morgan fingerprint density at radius 1 is 1.53 bits per heavy atom. The molecule has 1 aromatic heterocycles. The van der Waals surface area contributed by atoms with Crippen LogP contribution >= 0.6 is 11.6 Å². The fourth-order valence-corrected chi connectivity index (χ4v) is 1.79. The van der Waals surface area contributed by atoms with Crippen LogP contribution in [0.4, 0.5) is 5.69 Å². The highest BCUT2D eigenvalue weighted by molar-refractivity contribution is 6.17. The number of oxazole rings is 1. The lowest BCUT2D eigenvalue weighted by Gasteiger charge is -2.05. The number of benzene rings is 1. The van der Waals surface area contributed by atoms with Crippen LogP contribution in [-0.4, -0.2) is 22.9 Å². The van der Waals surface area contributed by atoms with Crippen molar-refractivity contribution in [3.05, 3.63) is 40.4 Å². The first-order valence-corrected chi connectivity index (χ1v) is 6.02. The molecule has 0 atom stereocenters. The Hall–Kier alpha value is -2.08. The van der Waals surface area contributed by atoms with Gasteiger partial charge in [0, 0.05) is 18.4 Å². The van der Waals surface area contributed by atoms with E-state index >= 15 is 0 Å². The van der Waals surface area contributed by atoms with Gasteiger partial charge in [0.05, 0.1) is 29.9 Å². The summed E-state index contributed by atoms with van der Waals surface area (Å²) >= 11 is 5.61. The Morgan fingerprint density at radius 3 is 2.95 bits per heavy atom. The normalized spacial score (nSPS) is 10.4. The zero-order chi connectivity index (χ0) is 13.8. The van der Waals surface area contributed by atoms with E-state index in [4.69, 9.17) is 20.8 Å². The molecule has 0 spiro atoms. The average Bonchev–Trinajstić information content (AvgIpc) is 2.86. The highest BCUT2D eigenvalue weighted by atomic mass is 35.5. The summed E-state index contributed by atoms with van der Waals surface area (Å²) in [6.45, 7) is 0. The number of halogens is 1. The van der Waals surface area contributed by atoms with E-state index in [1.54, 1.807) is 12.3 Å². The maximum atomic E-state index is 10.7. The maximum absolute atomic E-state index is 10.7. The second-order valence-corrected chi connectivity index (χ2v) is 4.08. The first kappa shape index (κ1) is 13.4. The minimum Gasteiger partial charge on any atom is -0.496 e. The van der Waals surface area contributed by atoms with Gasteiger partial charge < -0.3 is 9.15 Å². The van der Waals surface area contributed by atoms with Gasteiger partial charge >= 0.3 is 0 Å². The van der Waals surface area contributed by atoms with Gasteiger partial charge in [-0.3, -0.25) is 10.1 Å². The zero-order valence-electron chi connectivity index (χ0n) is 10.1. The molecular formula is C12H11ClN2O4. The molecule has 0 fully saturated rings. The molecule has 0 radical (unpaired) electrons. The van der Waals surface area contributed by atoms with Gasteiger partial charge in [0.15, 0.2) is 11.7 Å². The summed E-state index contributed by atoms with van der Waals surface area (Å²) < 4.78 is 10.6. The Bertz CT molecular complexity index is 597. The van der Waals surface area contributed by atoms with Crippen molar-refractivity contribution in [2.75, 3.05) is 13.0 Å². The molecule has 19 heavy (non-hydrogen) atoms. The Labute approximate surface area is 114 Å². The summed E-state index contributed by atoms with van der Waals surface area (Å²) in [6, 6.07) is 4.31. The molecule has 0 amide bonds. The predicted octanol–water partition coefficient (Wildman–Crippen LogP) is 3.04. The average molecular weight is 283 g/mol. The SMILES string of the molecule is COc1cc([N+](=O)[O-])ccc1-c1cnc(CCCl)o1. The Morgan fingerprint density at radius 2 is 2.32 bits per heavy atom. The summed E-state index contributed by atoms with van der Waals surface area (Å²) in [7, 11) is 1.44. The first-order chi connectivity index (χ1) is 9.15. The standard InChI is InChI=1S/C12H11ClN2O4/c1-18-10-6-8(15(16)17)2-3-9(10)11-7-14-12(19-11)4-5-13/h2-3,6-7H,4-5H2,1H3. The predicted molar refractivity (Wildman–Crippen MR) is 69.6 cm³/mol. The number of aryl methyl sites for hydroxylation is 1. The molecule has 100 valence electrons. The molecule has 0 aliphatic rings. The largest absolute Gasteiger partial charge is 0.496 e. The molecule has 0 N–H and O–H groups in total. The molecule has 0 saturated heterocycles. The zero-order valence-corrected chi connectivity index (χ0v) is 10.9. The molecule has 0 saturated carbocycles. The van der Waals surface area contributed by atoms with Gasteiger partial charge in [0.25, 0.3) is 5.69 Å². The molecule has 2 aromatic rings. The molecule has 1 heterocycles. The number of methoxy groups -OCH3 is 1. The minimum absolute atomic E-state index is 0.0407. The van der Waals surface area contributed by atoms with Crippen LogP contribution in [0.2, 0.25) is 0 Å². The topological polar surface area (TPSA) is 78.4 Å². The smallest absolute Gasteiger partial charge is 0.273 e. The van der Waals surface area contributed by atoms with Gasteiger partial charge in [-0.05, 0) is 6.07 Å². The van der Waals surface area contributed by atoms with E-state index in [9.17, 15) is 10.1 Å². The Balaban J connectivity index is 2.40. The monoisotopic (exact) mass is 282 g/mol. The third-order valence-corrected chi connectivity index (χ3v) is 2.71. The quantitative estimate of drug-likeness (QED) is 0.478. The van der Waals surface area contributed by atoms with Crippen molar-refractivity contribution in [2.45, 2.75) is 6.42 Å². The second-order valence-electron chi connectivity index (χ2n) is 3.70. The van der Waals surface area contributed by atoms with Gasteiger partial charge in [-0.15, -0.1) is 11.6 Å². The molecule has 0 aliphatic carbocycles. The summed E-state index contributed by atoms with van der Waals surface area (Å²) in [5.74, 6) is 1.79. The highest BCUT2D eigenvalue weighted by Crippen LogP contribution is 2.33. The van der Waals surface area contributed by atoms with Crippen LogP contribution in [0.3, 0.4) is 0 Å². The maximum Gasteiger partial charge on any atom is 0.273 e. The number of nitro groups is 1. The van der Waals surface area contributed by atoms with Crippen molar-refractivity contribution in [1.29, 1.82) is 0 Å². The van der Waals surface area contributed by atoms with Gasteiger partial charge in [0.1, 0.15) is 5.75 Å². The minimum atomic E-state index is -0.481. The third kappa shape index (κ3) is 2.85. The van der Waals surface area contributed by atoms with Crippen molar-refractivity contribution >= 4 is 17.3 Å². The van der Waals surface area contributed by atoms with Gasteiger partial charge in [0.2, 0.25) is 0 Å². The number of aromatic nitrogens is 1. The third-order valence-electron chi connectivity index (χ3n) is 2.52. The number of ether oxygens (including phenoxy) is 1. The van der Waals surface area contributed by atoms with Gasteiger partial charge in [-0.25, -0.2) is 4.98 Å². The van der Waals surface area contributed by atoms with Crippen LogP contribution in [0.1, 0.15) is 5.89 Å². The molecule has 0 unspecified atom stereocenters. The van der Waals surface area contributed by atoms with Crippen LogP contribution in [-0.2, 0) is 6.42 Å². The number of alkyl halides is 1. The van der Waals surface area contributed by atoms with Crippen molar-refractivity contribution in [2.24, 2.45) is 0 Å². The van der Waals surface area contributed by atoms with Gasteiger partial charge in [-0.2, -0.15) is 0 Å². The van der Waals surface area contributed by atoms with E-state index < -0.39 is 4.92 Å². The first-order valence-electron chi connectivity index (χ1n) is 5.49. The fourth-order valence-electron chi connectivity index (χ4n) is 1.63. The molecule has 1 aromatic carbocycles. The molecular weight excluding hydrogens is 272 g/mol. The number of hydrogen-bond donors (Lipinski definition) is 0. The molecule has 6 nitrogen and oxygen atoms in total. The van der Waals surface area contributed by atoms with E-state index in [0.29, 0.717) is 35.3 Å².